The normalized spacial score (nSPS) is 23.1. The number of nitrogens with two attached hydrogens (primary N) is 1. The maximum absolute atomic E-state index is 11.4. The van der Waals surface area contributed by atoms with Crippen LogP contribution in [0.15, 0.2) is 0 Å². The van der Waals surface area contributed by atoms with E-state index in [4.69, 9.17) is 5.73 Å². The summed E-state index contributed by atoms with van der Waals surface area (Å²) in [5, 5.41) is 15.8. The van der Waals surface area contributed by atoms with E-state index in [0.717, 1.165) is 19.4 Å². The molecule has 2 heterocycles. The predicted molar refractivity (Wildman–Crippen MR) is 77.8 cm³/mol. The molecule has 1 aromatic rings. The molecule has 0 bridgehead atoms. The molecule has 2 rings (SSSR count). The number of aromatic nitrogens is 2. The summed E-state index contributed by atoms with van der Waals surface area (Å²) in [5.41, 5.74) is 6.77. The third-order valence-corrected chi connectivity index (χ3v) is 3.72. The van der Waals surface area contributed by atoms with Crippen molar-refractivity contribution in [1.29, 1.82) is 0 Å². The Balaban J connectivity index is 2.41. The summed E-state index contributed by atoms with van der Waals surface area (Å²) >= 11 is 0. The topological polar surface area (TPSA) is 90.2 Å². The van der Waals surface area contributed by atoms with E-state index in [9.17, 15) is 10.1 Å². The molecular weight excluding hydrogens is 258 g/mol. The first-order valence-electron chi connectivity index (χ1n) is 7.14. The van der Waals surface area contributed by atoms with Crippen molar-refractivity contribution in [2.45, 2.75) is 39.2 Å². The molecule has 112 valence electrons. The average Bonchev–Trinajstić information content (AvgIpc) is 2.65. The number of nitrogens with zero attached hydrogens (tertiary/aromatic N) is 4. The second-order valence-electron chi connectivity index (χ2n) is 5.76. The van der Waals surface area contributed by atoms with E-state index in [1.165, 1.54) is 0 Å². The molecule has 2 unspecified atom stereocenters. The number of hydrogen-bond acceptors (Lipinski definition) is 5. The number of anilines is 1. The maximum atomic E-state index is 11.4. The number of rotatable bonds is 4. The van der Waals surface area contributed by atoms with Gasteiger partial charge in [-0.05, 0) is 18.8 Å². The lowest BCUT2D eigenvalue weighted by Gasteiger charge is -2.35. The standard InChI is InChI=1S/C13H23N5O2/c1-4-5-11-12(18(19)20)13(16(3)15-11)17-7-9(2)6-10(14)8-17/h9-10H,4-8,14H2,1-3H3. The third kappa shape index (κ3) is 2.77. The molecule has 20 heavy (non-hydrogen) atoms. The molecule has 0 saturated carbocycles. The smallest absolute Gasteiger partial charge is 0.334 e. The molecule has 0 spiro atoms. The Morgan fingerprint density at radius 2 is 2.20 bits per heavy atom. The minimum atomic E-state index is -0.307. The first kappa shape index (κ1) is 14.8. The zero-order valence-corrected chi connectivity index (χ0v) is 12.4. The van der Waals surface area contributed by atoms with Gasteiger partial charge in [-0.2, -0.15) is 5.10 Å². The van der Waals surface area contributed by atoms with Crippen molar-refractivity contribution < 1.29 is 4.92 Å². The van der Waals surface area contributed by atoms with Crippen molar-refractivity contribution in [1.82, 2.24) is 9.78 Å². The molecule has 2 N–H and O–H groups in total. The Hall–Kier alpha value is -1.63. The fourth-order valence-corrected chi connectivity index (χ4v) is 3.08. The molecule has 2 atom stereocenters. The van der Waals surface area contributed by atoms with Crippen LogP contribution in [-0.2, 0) is 13.5 Å². The highest BCUT2D eigenvalue weighted by Crippen LogP contribution is 2.34. The summed E-state index contributed by atoms with van der Waals surface area (Å²) in [4.78, 5) is 13.1. The van der Waals surface area contributed by atoms with Gasteiger partial charge in [0.05, 0.1) is 4.92 Å². The van der Waals surface area contributed by atoms with E-state index in [1.807, 2.05) is 11.8 Å². The lowest BCUT2D eigenvalue weighted by Crippen LogP contribution is -2.47. The number of aryl methyl sites for hydroxylation is 2. The third-order valence-electron chi connectivity index (χ3n) is 3.72. The van der Waals surface area contributed by atoms with Crippen LogP contribution >= 0.6 is 0 Å². The van der Waals surface area contributed by atoms with Crippen LogP contribution in [0.2, 0.25) is 0 Å². The molecule has 1 aliphatic heterocycles. The first-order valence-corrected chi connectivity index (χ1v) is 7.14. The summed E-state index contributed by atoms with van der Waals surface area (Å²) in [5.74, 6) is 1.03. The van der Waals surface area contributed by atoms with Gasteiger partial charge in [0.25, 0.3) is 0 Å². The van der Waals surface area contributed by atoms with E-state index in [-0.39, 0.29) is 16.7 Å². The van der Waals surface area contributed by atoms with Gasteiger partial charge in [-0.1, -0.05) is 20.3 Å². The Morgan fingerprint density at radius 3 is 2.75 bits per heavy atom. The number of piperidine rings is 1. The molecule has 1 aromatic heterocycles. The maximum Gasteiger partial charge on any atom is 0.334 e. The highest BCUT2D eigenvalue weighted by molar-refractivity contribution is 5.62. The van der Waals surface area contributed by atoms with Gasteiger partial charge in [-0.15, -0.1) is 0 Å². The van der Waals surface area contributed by atoms with Gasteiger partial charge in [0.15, 0.2) is 0 Å². The van der Waals surface area contributed by atoms with Crippen LogP contribution in [-0.4, -0.2) is 33.8 Å². The molecule has 0 aromatic carbocycles. The largest absolute Gasteiger partial charge is 0.349 e. The minimum Gasteiger partial charge on any atom is -0.349 e. The minimum absolute atomic E-state index is 0.0582. The van der Waals surface area contributed by atoms with Crippen LogP contribution < -0.4 is 10.6 Å². The number of nitro groups is 1. The molecule has 7 heteroatoms. The molecule has 1 aliphatic rings. The fourth-order valence-electron chi connectivity index (χ4n) is 3.08. The molecular formula is C13H23N5O2. The summed E-state index contributed by atoms with van der Waals surface area (Å²) in [6, 6.07) is 0.0582. The van der Waals surface area contributed by atoms with E-state index >= 15 is 0 Å². The van der Waals surface area contributed by atoms with Gasteiger partial charge >= 0.3 is 5.69 Å². The SMILES string of the molecule is CCCc1nn(C)c(N2CC(C)CC(N)C2)c1[N+](=O)[O-]. The second-order valence-corrected chi connectivity index (χ2v) is 5.76. The van der Waals surface area contributed by atoms with Crippen molar-refractivity contribution in [2.24, 2.45) is 18.7 Å². The van der Waals surface area contributed by atoms with Crippen molar-refractivity contribution >= 4 is 11.5 Å². The van der Waals surface area contributed by atoms with Crippen molar-refractivity contribution in [3.63, 3.8) is 0 Å². The van der Waals surface area contributed by atoms with Crippen molar-refractivity contribution in [3.8, 4) is 0 Å². The highest BCUT2D eigenvalue weighted by Gasteiger charge is 2.33. The molecule has 0 amide bonds. The van der Waals surface area contributed by atoms with Crippen LogP contribution in [0.3, 0.4) is 0 Å². The van der Waals surface area contributed by atoms with E-state index in [0.29, 0.717) is 30.4 Å². The van der Waals surface area contributed by atoms with E-state index < -0.39 is 0 Å². The van der Waals surface area contributed by atoms with Gasteiger partial charge in [0.2, 0.25) is 5.82 Å². The highest BCUT2D eigenvalue weighted by atomic mass is 16.6. The van der Waals surface area contributed by atoms with Crippen LogP contribution in [0.1, 0.15) is 32.4 Å². The summed E-state index contributed by atoms with van der Waals surface area (Å²) in [6.07, 6.45) is 2.43. The zero-order chi connectivity index (χ0) is 14.9. The molecule has 1 fully saturated rings. The zero-order valence-electron chi connectivity index (χ0n) is 12.4. The average molecular weight is 281 g/mol. The van der Waals surface area contributed by atoms with Gasteiger partial charge in [-0.25, -0.2) is 4.68 Å². The lowest BCUT2D eigenvalue weighted by molar-refractivity contribution is -0.384. The Morgan fingerprint density at radius 1 is 1.50 bits per heavy atom. The summed E-state index contributed by atoms with van der Waals surface area (Å²) in [6.45, 7) is 5.56. The van der Waals surface area contributed by atoms with Gasteiger partial charge in [-0.3, -0.25) is 10.1 Å². The molecule has 1 saturated heterocycles. The Bertz CT molecular complexity index is 489. The first-order chi connectivity index (χ1) is 9.43. The molecule has 0 aliphatic carbocycles. The Kier molecular flexibility index (Phi) is 4.27. The van der Waals surface area contributed by atoms with Gasteiger partial charge < -0.3 is 10.6 Å². The summed E-state index contributed by atoms with van der Waals surface area (Å²) in [7, 11) is 1.77. The molecule has 0 radical (unpaired) electrons. The van der Waals surface area contributed by atoms with Crippen LogP contribution in [0.4, 0.5) is 11.5 Å². The number of hydrogen-bond donors (Lipinski definition) is 1. The van der Waals surface area contributed by atoms with Gasteiger partial charge in [0.1, 0.15) is 5.69 Å². The van der Waals surface area contributed by atoms with Crippen LogP contribution in [0.25, 0.3) is 0 Å². The quantitative estimate of drug-likeness (QED) is 0.666. The second kappa shape index (κ2) is 5.78. The summed E-state index contributed by atoms with van der Waals surface area (Å²) < 4.78 is 1.63. The van der Waals surface area contributed by atoms with Crippen LogP contribution in [0, 0.1) is 16.0 Å². The van der Waals surface area contributed by atoms with Gasteiger partial charge in [0, 0.05) is 26.2 Å². The van der Waals surface area contributed by atoms with Crippen LogP contribution in [0.5, 0.6) is 0 Å². The fraction of sp³-hybridized carbons (Fsp3) is 0.769. The van der Waals surface area contributed by atoms with E-state index in [2.05, 4.69) is 12.0 Å². The molecule has 7 nitrogen and oxygen atoms in total. The van der Waals surface area contributed by atoms with Crippen molar-refractivity contribution in [3.05, 3.63) is 15.8 Å². The monoisotopic (exact) mass is 281 g/mol. The predicted octanol–water partition coefficient (Wildman–Crippen LogP) is 1.45. The Labute approximate surface area is 118 Å². The van der Waals surface area contributed by atoms with E-state index in [1.54, 1.807) is 11.7 Å². The lowest BCUT2D eigenvalue weighted by atomic mass is 9.96. The van der Waals surface area contributed by atoms with Crippen molar-refractivity contribution in [2.75, 3.05) is 18.0 Å².